The Morgan fingerprint density at radius 2 is 2.00 bits per heavy atom. The van der Waals surface area contributed by atoms with E-state index in [-0.39, 0.29) is 31.6 Å². The summed E-state index contributed by atoms with van der Waals surface area (Å²) in [4.78, 5) is 0. The fraction of sp³-hybridized carbons (Fsp3) is 1.00. The smallest absolute Gasteiger partial charge is 0.366 e. The molecule has 6 heteroatoms. The van der Waals surface area contributed by atoms with Crippen LogP contribution in [0.1, 0.15) is 6.92 Å². The Hall–Kier alpha value is 0. The maximum atomic E-state index is 11.9. The first-order valence-corrected chi connectivity index (χ1v) is 3.42. The topological polar surface area (TPSA) is 21.3 Å². The molecule has 0 aromatic heterocycles. The Labute approximate surface area is 74.9 Å². The molecule has 0 spiro atoms. The van der Waals surface area contributed by atoms with E-state index in [1.807, 2.05) is 0 Å². The van der Waals surface area contributed by atoms with Gasteiger partial charge in [0.25, 0.3) is 0 Å². The van der Waals surface area contributed by atoms with Gasteiger partial charge in [0.1, 0.15) is 0 Å². The van der Waals surface area contributed by atoms with Crippen LogP contribution in [0.15, 0.2) is 0 Å². The summed E-state index contributed by atoms with van der Waals surface area (Å²) in [6.07, 6.45) is -5.86. The fourth-order valence-corrected chi connectivity index (χ4v) is 0.897. The van der Waals surface area contributed by atoms with Crippen LogP contribution in [-0.4, -0.2) is 31.5 Å². The lowest BCUT2D eigenvalue weighted by atomic mass is 10.2. The van der Waals surface area contributed by atoms with Gasteiger partial charge in [-0.3, -0.25) is 0 Å². The number of alkyl halides is 3. The molecule has 0 aromatic rings. The van der Waals surface area contributed by atoms with Gasteiger partial charge in [-0.25, -0.2) is 0 Å². The highest BCUT2D eigenvalue weighted by molar-refractivity contribution is 5.85. The summed E-state index contributed by atoms with van der Waals surface area (Å²) in [5, 5.41) is 2.69. The summed E-state index contributed by atoms with van der Waals surface area (Å²) in [6, 6.07) is 0.0219. The summed E-state index contributed by atoms with van der Waals surface area (Å²) in [5.41, 5.74) is 0. The molecule has 2 nitrogen and oxygen atoms in total. The van der Waals surface area contributed by atoms with Crippen molar-refractivity contribution in [1.82, 2.24) is 5.32 Å². The molecule has 0 amide bonds. The van der Waals surface area contributed by atoms with Gasteiger partial charge in [0.05, 0.1) is 6.61 Å². The molecule has 1 saturated heterocycles. The summed E-state index contributed by atoms with van der Waals surface area (Å²) < 4.78 is 40.3. The summed E-state index contributed by atoms with van der Waals surface area (Å²) >= 11 is 0. The second kappa shape index (κ2) is 4.30. The van der Waals surface area contributed by atoms with Crippen LogP contribution in [0.25, 0.3) is 0 Å². The first-order chi connectivity index (χ1) is 5.00. The van der Waals surface area contributed by atoms with Crippen LogP contribution >= 0.6 is 12.4 Å². The van der Waals surface area contributed by atoms with Crippen LogP contribution in [0.4, 0.5) is 13.2 Å². The minimum absolute atomic E-state index is 0. The highest BCUT2D eigenvalue weighted by Crippen LogP contribution is 2.23. The Kier molecular flexibility index (Phi) is 4.30. The molecule has 2 atom stereocenters. The highest BCUT2D eigenvalue weighted by Gasteiger charge is 2.42. The van der Waals surface area contributed by atoms with Gasteiger partial charge < -0.3 is 10.1 Å². The molecule has 2 unspecified atom stereocenters. The maximum Gasteiger partial charge on any atom is 0.415 e. The summed E-state index contributed by atoms with van der Waals surface area (Å²) in [6.45, 7) is 1.78. The van der Waals surface area contributed by atoms with E-state index in [4.69, 9.17) is 0 Å². The number of rotatable bonds is 0. The molecule has 1 aliphatic heterocycles. The molecule has 0 bridgehead atoms. The van der Waals surface area contributed by atoms with E-state index < -0.39 is 12.3 Å². The SMILES string of the molecule is CC1COC(C(F)(F)F)CN1.Cl. The normalized spacial score (nSPS) is 31.0. The number of morpholine rings is 1. The third kappa shape index (κ3) is 3.16. The van der Waals surface area contributed by atoms with Crippen molar-refractivity contribution < 1.29 is 17.9 Å². The standard InChI is InChI=1S/C6H10F3NO.ClH/c1-4-3-11-5(2-10-4)6(7,8)9;/h4-5,10H,2-3H2,1H3;1H. The van der Waals surface area contributed by atoms with Crippen molar-refractivity contribution >= 4 is 12.4 Å². The van der Waals surface area contributed by atoms with Crippen LogP contribution < -0.4 is 5.32 Å². The van der Waals surface area contributed by atoms with Crippen molar-refractivity contribution in [2.75, 3.05) is 13.2 Å². The van der Waals surface area contributed by atoms with Crippen LogP contribution in [0.3, 0.4) is 0 Å². The quantitative estimate of drug-likeness (QED) is 0.645. The second-order valence-electron chi connectivity index (χ2n) is 2.67. The monoisotopic (exact) mass is 205 g/mol. The number of hydrogen-bond acceptors (Lipinski definition) is 2. The number of nitrogens with one attached hydrogen (secondary N) is 1. The van der Waals surface area contributed by atoms with Crippen molar-refractivity contribution in [3.63, 3.8) is 0 Å². The molecule has 1 N–H and O–H groups in total. The Morgan fingerprint density at radius 3 is 2.33 bits per heavy atom. The molecule has 0 aromatic carbocycles. The zero-order valence-corrected chi connectivity index (χ0v) is 7.34. The summed E-state index contributed by atoms with van der Waals surface area (Å²) in [5.74, 6) is 0. The van der Waals surface area contributed by atoms with Crippen molar-refractivity contribution in [1.29, 1.82) is 0 Å². The van der Waals surface area contributed by atoms with E-state index in [0.29, 0.717) is 0 Å². The van der Waals surface area contributed by atoms with Gasteiger partial charge in [0.2, 0.25) is 0 Å². The van der Waals surface area contributed by atoms with Gasteiger partial charge in [-0.05, 0) is 6.92 Å². The first-order valence-electron chi connectivity index (χ1n) is 3.42. The van der Waals surface area contributed by atoms with E-state index in [2.05, 4.69) is 10.1 Å². The Balaban J connectivity index is 0.00000121. The minimum Gasteiger partial charge on any atom is -0.366 e. The van der Waals surface area contributed by atoms with Crippen LogP contribution in [-0.2, 0) is 4.74 Å². The van der Waals surface area contributed by atoms with Crippen molar-refractivity contribution in [2.45, 2.75) is 25.2 Å². The molecule has 0 saturated carbocycles. The molecule has 1 heterocycles. The van der Waals surface area contributed by atoms with E-state index in [9.17, 15) is 13.2 Å². The third-order valence-electron chi connectivity index (χ3n) is 1.56. The third-order valence-corrected chi connectivity index (χ3v) is 1.56. The highest BCUT2D eigenvalue weighted by atomic mass is 35.5. The van der Waals surface area contributed by atoms with Gasteiger partial charge in [-0.15, -0.1) is 12.4 Å². The van der Waals surface area contributed by atoms with E-state index >= 15 is 0 Å². The van der Waals surface area contributed by atoms with Crippen molar-refractivity contribution in [2.24, 2.45) is 0 Å². The van der Waals surface area contributed by atoms with E-state index in [1.54, 1.807) is 6.92 Å². The molecule has 1 fully saturated rings. The predicted molar refractivity (Wildman–Crippen MR) is 40.5 cm³/mol. The molecule has 0 radical (unpaired) electrons. The average molecular weight is 206 g/mol. The number of hydrogen-bond donors (Lipinski definition) is 1. The Morgan fingerprint density at radius 1 is 1.42 bits per heavy atom. The van der Waals surface area contributed by atoms with E-state index in [1.165, 1.54) is 0 Å². The lowest BCUT2D eigenvalue weighted by Gasteiger charge is -2.29. The lowest BCUT2D eigenvalue weighted by Crippen LogP contribution is -2.50. The Bertz CT molecular complexity index is 133. The van der Waals surface area contributed by atoms with Gasteiger partial charge >= 0.3 is 6.18 Å². The van der Waals surface area contributed by atoms with Crippen LogP contribution in [0.2, 0.25) is 0 Å². The lowest BCUT2D eigenvalue weighted by molar-refractivity contribution is -0.228. The van der Waals surface area contributed by atoms with Crippen molar-refractivity contribution in [3.8, 4) is 0 Å². The second-order valence-corrected chi connectivity index (χ2v) is 2.67. The van der Waals surface area contributed by atoms with Gasteiger partial charge in [0.15, 0.2) is 6.10 Å². The largest absolute Gasteiger partial charge is 0.415 e. The van der Waals surface area contributed by atoms with Gasteiger partial charge in [-0.2, -0.15) is 13.2 Å². The van der Waals surface area contributed by atoms with Gasteiger partial charge in [0, 0.05) is 12.6 Å². The van der Waals surface area contributed by atoms with Gasteiger partial charge in [-0.1, -0.05) is 0 Å². The molecular weight excluding hydrogens is 195 g/mol. The van der Waals surface area contributed by atoms with Crippen LogP contribution in [0, 0.1) is 0 Å². The molecule has 12 heavy (non-hydrogen) atoms. The van der Waals surface area contributed by atoms with Crippen LogP contribution in [0.5, 0.6) is 0 Å². The summed E-state index contributed by atoms with van der Waals surface area (Å²) in [7, 11) is 0. The average Bonchev–Trinajstić information content (AvgIpc) is 1.86. The first kappa shape index (κ1) is 12.0. The predicted octanol–water partition coefficient (Wildman–Crippen LogP) is 1.35. The number of halogens is 4. The maximum absolute atomic E-state index is 11.9. The molecule has 1 rings (SSSR count). The molecule has 1 aliphatic rings. The molecule has 74 valence electrons. The number of ether oxygens (including phenoxy) is 1. The fourth-order valence-electron chi connectivity index (χ4n) is 0.897. The zero-order chi connectivity index (χ0) is 8.48. The van der Waals surface area contributed by atoms with E-state index in [0.717, 1.165) is 0 Å². The zero-order valence-electron chi connectivity index (χ0n) is 6.52. The molecule has 0 aliphatic carbocycles. The van der Waals surface area contributed by atoms with Crippen molar-refractivity contribution in [3.05, 3.63) is 0 Å². The molecular formula is C6H11ClF3NO. The minimum atomic E-state index is -4.23.